The molecule has 0 aromatic carbocycles. The van der Waals surface area contributed by atoms with Crippen molar-refractivity contribution in [2.75, 3.05) is 7.11 Å². The molecule has 0 aliphatic rings. The Labute approximate surface area is 134 Å². The van der Waals surface area contributed by atoms with E-state index in [0.29, 0.717) is 12.0 Å². The highest BCUT2D eigenvalue weighted by Crippen LogP contribution is 2.37. The number of hydrogen-bond acceptors (Lipinski definition) is 4. The molecule has 1 heterocycles. The van der Waals surface area contributed by atoms with Gasteiger partial charge in [-0.15, -0.1) is 11.3 Å². The molecule has 1 N–H and O–H groups in total. The summed E-state index contributed by atoms with van der Waals surface area (Å²) in [4.78, 5) is 6.34. The minimum Gasteiger partial charge on any atom is -0.371 e. The Morgan fingerprint density at radius 1 is 1.19 bits per heavy atom. The Balaban J connectivity index is 3.11. The maximum atomic E-state index is 5.85. The molecule has 122 valence electrons. The van der Waals surface area contributed by atoms with Crippen LogP contribution in [-0.2, 0) is 23.3 Å². The van der Waals surface area contributed by atoms with E-state index in [1.165, 1.54) is 10.6 Å². The summed E-state index contributed by atoms with van der Waals surface area (Å²) in [6.07, 6.45) is 2.97. The van der Waals surface area contributed by atoms with Gasteiger partial charge in [0.25, 0.3) is 0 Å². The van der Waals surface area contributed by atoms with Crippen LogP contribution in [0.5, 0.6) is 0 Å². The number of rotatable bonds is 9. The van der Waals surface area contributed by atoms with Gasteiger partial charge in [0.05, 0.1) is 5.69 Å². The molecule has 21 heavy (non-hydrogen) atoms. The molecule has 0 saturated carbocycles. The van der Waals surface area contributed by atoms with Gasteiger partial charge in [-0.05, 0) is 25.2 Å². The monoisotopic (exact) mass is 312 g/mol. The van der Waals surface area contributed by atoms with Crippen molar-refractivity contribution in [3.8, 4) is 0 Å². The van der Waals surface area contributed by atoms with Gasteiger partial charge in [0.2, 0.25) is 0 Å². The Morgan fingerprint density at radius 3 is 2.24 bits per heavy atom. The first kappa shape index (κ1) is 18.6. The summed E-state index contributed by atoms with van der Waals surface area (Å²) in [6, 6.07) is 0.493. The summed E-state index contributed by atoms with van der Waals surface area (Å²) in [6.45, 7) is 14.1. The van der Waals surface area contributed by atoms with Crippen molar-refractivity contribution in [3.05, 3.63) is 15.6 Å². The third kappa shape index (κ3) is 4.76. The zero-order chi connectivity index (χ0) is 16.0. The quantitative estimate of drug-likeness (QED) is 0.729. The van der Waals surface area contributed by atoms with Crippen molar-refractivity contribution in [1.29, 1.82) is 0 Å². The molecule has 0 fully saturated rings. The number of methoxy groups -OCH3 is 1. The van der Waals surface area contributed by atoms with Crippen LogP contribution in [0, 0.1) is 5.92 Å². The highest BCUT2D eigenvalue weighted by molar-refractivity contribution is 7.11. The van der Waals surface area contributed by atoms with Crippen LogP contribution in [0.2, 0.25) is 0 Å². The molecule has 0 unspecified atom stereocenters. The van der Waals surface area contributed by atoms with E-state index in [4.69, 9.17) is 9.72 Å². The molecule has 0 aliphatic carbocycles. The minimum absolute atomic E-state index is 0.216. The molecule has 4 heteroatoms. The largest absolute Gasteiger partial charge is 0.371 e. The first-order chi connectivity index (χ1) is 9.88. The second-order valence-corrected chi connectivity index (χ2v) is 7.51. The lowest BCUT2D eigenvalue weighted by Gasteiger charge is -2.27. The summed E-state index contributed by atoms with van der Waals surface area (Å²) in [7, 11) is 1.81. The van der Waals surface area contributed by atoms with E-state index in [-0.39, 0.29) is 5.60 Å². The van der Waals surface area contributed by atoms with E-state index in [1.807, 2.05) is 18.4 Å². The predicted molar refractivity (Wildman–Crippen MR) is 91.9 cm³/mol. The summed E-state index contributed by atoms with van der Waals surface area (Å²) in [5, 5.41) is 4.67. The Hall–Kier alpha value is -0.450. The smallest absolute Gasteiger partial charge is 0.125 e. The normalized spacial score (nSPS) is 12.6. The Bertz CT molecular complexity index is 414. The van der Waals surface area contributed by atoms with Gasteiger partial charge in [-0.25, -0.2) is 4.98 Å². The van der Waals surface area contributed by atoms with Crippen molar-refractivity contribution in [2.45, 2.75) is 79.0 Å². The zero-order valence-corrected chi connectivity index (χ0v) is 15.6. The topological polar surface area (TPSA) is 34.1 Å². The van der Waals surface area contributed by atoms with Gasteiger partial charge in [-0.1, -0.05) is 41.5 Å². The summed E-state index contributed by atoms with van der Waals surface area (Å²) >= 11 is 1.83. The zero-order valence-electron chi connectivity index (χ0n) is 14.7. The molecule has 0 spiro atoms. The molecule has 3 nitrogen and oxygen atoms in total. The van der Waals surface area contributed by atoms with E-state index in [1.54, 1.807) is 0 Å². The van der Waals surface area contributed by atoms with E-state index >= 15 is 0 Å². The van der Waals surface area contributed by atoms with Gasteiger partial charge in [-0.2, -0.15) is 0 Å². The lowest BCUT2D eigenvalue weighted by Crippen LogP contribution is -2.26. The Morgan fingerprint density at radius 2 is 1.81 bits per heavy atom. The molecule has 0 bridgehead atoms. The molecule has 0 saturated heterocycles. The fourth-order valence-corrected chi connectivity index (χ4v) is 3.84. The van der Waals surface area contributed by atoms with Gasteiger partial charge in [0, 0.05) is 24.6 Å². The molecule has 0 aliphatic heterocycles. The standard InChI is InChI=1S/C17H32N2OS/c1-8-17(9-2,20-7)16-19-14(10-12(3)4)15(21-16)11-18-13(5)6/h12-13,18H,8-11H2,1-7H3. The maximum absolute atomic E-state index is 5.85. The van der Waals surface area contributed by atoms with E-state index < -0.39 is 0 Å². The number of ether oxygens (including phenoxy) is 1. The first-order valence-electron chi connectivity index (χ1n) is 8.16. The van der Waals surface area contributed by atoms with Crippen LogP contribution >= 0.6 is 11.3 Å². The van der Waals surface area contributed by atoms with E-state index in [0.717, 1.165) is 30.8 Å². The van der Waals surface area contributed by atoms with Crippen molar-refractivity contribution < 1.29 is 4.74 Å². The second-order valence-electron chi connectivity index (χ2n) is 6.43. The van der Waals surface area contributed by atoms with Gasteiger partial charge in [0.15, 0.2) is 0 Å². The van der Waals surface area contributed by atoms with Crippen LogP contribution in [-0.4, -0.2) is 18.1 Å². The van der Waals surface area contributed by atoms with Gasteiger partial charge in [-0.3, -0.25) is 0 Å². The molecule has 0 amide bonds. The molecule has 0 radical (unpaired) electrons. The van der Waals surface area contributed by atoms with Crippen molar-refractivity contribution in [1.82, 2.24) is 10.3 Å². The number of aromatic nitrogens is 1. The van der Waals surface area contributed by atoms with Crippen LogP contribution in [0.1, 0.15) is 70.0 Å². The van der Waals surface area contributed by atoms with Crippen LogP contribution in [0.15, 0.2) is 0 Å². The van der Waals surface area contributed by atoms with E-state index in [2.05, 4.69) is 46.9 Å². The number of hydrogen-bond donors (Lipinski definition) is 1. The van der Waals surface area contributed by atoms with Gasteiger partial charge < -0.3 is 10.1 Å². The van der Waals surface area contributed by atoms with Crippen LogP contribution in [0.25, 0.3) is 0 Å². The lowest BCUT2D eigenvalue weighted by atomic mass is 9.98. The average molecular weight is 313 g/mol. The molecule has 1 rings (SSSR count). The van der Waals surface area contributed by atoms with Gasteiger partial charge >= 0.3 is 0 Å². The fraction of sp³-hybridized carbons (Fsp3) is 0.824. The van der Waals surface area contributed by atoms with Crippen LogP contribution < -0.4 is 5.32 Å². The predicted octanol–water partition coefficient (Wildman–Crippen LogP) is 4.50. The average Bonchev–Trinajstić information content (AvgIpc) is 2.82. The van der Waals surface area contributed by atoms with Gasteiger partial charge in [0.1, 0.15) is 10.6 Å². The lowest BCUT2D eigenvalue weighted by molar-refractivity contribution is -0.0220. The minimum atomic E-state index is -0.216. The highest BCUT2D eigenvalue weighted by Gasteiger charge is 2.32. The van der Waals surface area contributed by atoms with Crippen molar-refractivity contribution in [2.24, 2.45) is 5.92 Å². The third-order valence-corrected chi connectivity index (χ3v) is 5.26. The van der Waals surface area contributed by atoms with Crippen molar-refractivity contribution >= 4 is 11.3 Å². The highest BCUT2D eigenvalue weighted by atomic mass is 32.1. The second kappa shape index (κ2) is 8.25. The first-order valence-corrected chi connectivity index (χ1v) is 8.97. The number of thiazole rings is 1. The number of nitrogens with zero attached hydrogens (tertiary/aromatic N) is 1. The SMILES string of the molecule is CCC(CC)(OC)c1nc(CC(C)C)c(CNC(C)C)s1. The maximum Gasteiger partial charge on any atom is 0.125 e. The number of nitrogens with one attached hydrogen (secondary N) is 1. The van der Waals surface area contributed by atoms with Crippen LogP contribution in [0.3, 0.4) is 0 Å². The molecule has 1 aromatic heterocycles. The van der Waals surface area contributed by atoms with Crippen molar-refractivity contribution in [3.63, 3.8) is 0 Å². The van der Waals surface area contributed by atoms with Crippen LogP contribution in [0.4, 0.5) is 0 Å². The summed E-state index contributed by atoms with van der Waals surface area (Å²) < 4.78 is 5.85. The summed E-state index contributed by atoms with van der Waals surface area (Å²) in [5.41, 5.74) is 1.04. The fourth-order valence-electron chi connectivity index (χ4n) is 2.49. The molecular weight excluding hydrogens is 280 g/mol. The summed E-state index contributed by atoms with van der Waals surface area (Å²) in [5.74, 6) is 0.623. The molecule has 0 atom stereocenters. The third-order valence-electron chi connectivity index (χ3n) is 3.97. The molecular formula is C17H32N2OS. The van der Waals surface area contributed by atoms with E-state index in [9.17, 15) is 0 Å². The molecule has 1 aromatic rings. The Kier molecular flexibility index (Phi) is 7.31.